The molecule has 8 heteroatoms. The summed E-state index contributed by atoms with van der Waals surface area (Å²) >= 11 is 5.79. The maximum atomic E-state index is 12.1. The molecule has 0 aliphatic heterocycles. The number of hydrogen-bond acceptors (Lipinski definition) is 4. The quantitative estimate of drug-likeness (QED) is 0.651. The summed E-state index contributed by atoms with van der Waals surface area (Å²) in [5.41, 5.74) is 1.86. The lowest BCUT2D eigenvalue weighted by Crippen LogP contribution is -2.34. The third-order valence-electron chi connectivity index (χ3n) is 3.62. The minimum absolute atomic E-state index is 0.212. The number of halogens is 1. The van der Waals surface area contributed by atoms with Crippen molar-refractivity contribution < 1.29 is 9.59 Å². The van der Waals surface area contributed by atoms with Crippen LogP contribution < -0.4 is 10.6 Å². The van der Waals surface area contributed by atoms with Gasteiger partial charge in [0.1, 0.15) is 12.7 Å². The maximum absolute atomic E-state index is 12.1. The summed E-state index contributed by atoms with van der Waals surface area (Å²) in [6, 6.07) is 13.6. The van der Waals surface area contributed by atoms with Gasteiger partial charge in [0.25, 0.3) is 11.8 Å². The van der Waals surface area contributed by atoms with Gasteiger partial charge in [0, 0.05) is 29.2 Å². The molecule has 132 valence electrons. The molecule has 0 fully saturated rings. The second-order valence-corrected chi connectivity index (χ2v) is 5.84. The molecule has 0 aliphatic rings. The van der Waals surface area contributed by atoms with Crippen LogP contribution in [0.25, 0.3) is 5.69 Å². The van der Waals surface area contributed by atoms with Gasteiger partial charge in [0.05, 0.1) is 5.69 Å². The monoisotopic (exact) mass is 369 g/mol. The predicted molar refractivity (Wildman–Crippen MR) is 97.5 cm³/mol. The van der Waals surface area contributed by atoms with Crippen molar-refractivity contribution in [1.29, 1.82) is 0 Å². The van der Waals surface area contributed by atoms with Crippen LogP contribution in [0.3, 0.4) is 0 Å². The van der Waals surface area contributed by atoms with Gasteiger partial charge in [-0.1, -0.05) is 11.6 Å². The first-order valence-corrected chi connectivity index (χ1v) is 8.28. The minimum Gasteiger partial charge on any atom is -0.350 e. The number of benzene rings is 2. The lowest BCUT2D eigenvalue weighted by atomic mass is 10.2. The van der Waals surface area contributed by atoms with E-state index in [9.17, 15) is 9.59 Å². The van der Waals surface area contributed by atoms with Gasteiger partial charge in [-0.25, -0.2) is 9.67 Å². The van der Waals surface area contributed by atoms with E-state index in [1.807, 2.05) is 0 Å². The van der Waals surface area contributed by atoms with Gasteiger partial charge in [-0.15, -0.1) is 0 Å². The molecule has 2 amide bonds. The molecule has 0 saturated carbocycles. The topological polar surface area (TPSA) is 88.9 Å². The molecule has 0 saturated heterocycles. The third-order valence-corrected chi connectivity index (χ3v) is 3.87. The van der Waals surface area contributed by atoms with Crippen LogP contribution in [0.2, 0.25) is 5.02 Å². The molecule has 7 nitrogen and oxygen atoms in total. The van der Waals surface area contributed by atoms with E-state index in [0.717, 1.165) is 5.69 Å². The Balaban J connectivity index is 1.45. The molecule has 3 rings (SSSR count). The lowest BCUT2D eigenvalue weighted by Gasteiger charge is -2.08. The number of hydrogen-bond donors (Lipinski definition) is 2. The Morgan fingerprint density at radius 2 is 1.42 bits per heavy atom. The van der Waals surface area contributed by atoms with Crippen LogP contribution in [0.4, 0.5) is 0 Å². The molecule has 0 atom stereocenters. The summed E-state index contributed by atoms with van der Waals surface area (Å²) in [7, 11) is 0. The van der Waals surface area contributed by atoms with Gasteiger partial charge >= 0.3 is 0 Å². The first-order valence-electron chi connectivity index (χ1n) is 7.90. The van der Waals surface area contributed by atoms with Crippen LogP contribution in [0.15, 0.2) is 61.2 Å². The molecular formula is C18H16ClN5O2. The molecule has 0 spiro atoms. The number of nitrogens with zero attached hydrogens (tertiary/aromatic N) is 3. The van der Waals surface area contributed by atoms with Gasteiger partial charge in [-0.3, -0.25) is 9.59 Å². The van der Waals surface area contributed by atoms with E-state index in [4.69, 9.17) is 11.6 Å². The molecule has 2 aromatic carbocycles. The summed E-state index contributed by atoms with van der Waals surface area (Å²) in [5.74, 6) is -0.427. The Morgan fingerprint density at radius 1 is 0.885 bits per heavy atom. The number of carbonyl (C=O) groups excluding carboxylic acids is 2. The second kappa shape index (κ2) is 8.26. The van der Waals surface area contributed by atoms with Gasteiger partial charge < -0.3 is 10.6 Å². The SMILES string of the molecule is O=C(NCCNC(=O)c1ccc(-n2cncn2)cc1)c1ccc(Cl)cc1. The van der Waals surface area contributed by atoms with E-state index in [1.54, 1.807) is 59.5 Å². The Hall–Kier alpha value is -3.19. The Morgan fingerprint density at radius 3 is 1.92 bits per heavy atom. The highest BCUT2D eigenvalue weighted by molar-refractivity contribution is 6.30. The number of nitrogens with one attached hydrogen (secondary N) is 2. The molecule has 0 radical (unpaired) electrons. The van der Waals surface area contributed by atoms with E-state index >= 15 is 0 Å². The average Bonchev–Trinajstić information content (AvgIpc) is 3.20. The van der Waals surface area contributed by atoms with Gasteiger partial charge in [-0.05, 0) is 48.5 Å². The Kier molecular flexibility index (Phi) is 5.60. The number of rotatable bonds is 6. The number of aromatic nitrogens is 3. The molecule has 1 heterocycles. The summed E-state index contributed by atoms with van der Waals surface area (Å²) in [5, 5.41) is 10.1. The summed E-state index contributed by atoms with van der Waals surface area (Å²) < 4.78 is 1.61. The average molecular weight is 370 g/mol. The third kappa shape index (κ3) is 4.46. The summed E-state index contributed by atoms with van der Waals surface area (Å²) in [6.07, 6.45) is 3.03. The molecule has 0 aliphatic carbocycles. The molecule has 3 aromatic rings. The highest BCUT2D eigenvalue weighted by Crippen LogP contribution is 2.09. The zero-order chi connectivity index (χ0) is 18.4. The van der Waals surface area contributed by atoms with Crippen molar-refractivity contribution in [3.8, 4) is 5.69 Å². The molecule has 1 aromatic heterocycles. The van der Waals surface area contributed by atoms with Crippen molar-refractivity contribution >= 4 is 23.4 Å². The van der Waals surface area contributed by atoms with E-state index in [0.29, 0.717) is 29.2 Å². The molecule has 0 bridgehead atoms. The molecule has 2 N–H and O–H groups in total. The van der Waals surface area contributed by atoms with Gasteiger partial charge in [0.2, 0.25) is 0 Å². The van der Waals surface area contributed by atoms with Crippen molar-refractivity contribution in [3.05, 3.63) is 77.3 Å². The lowest BCUT2D eigenvalue weighted by molar-refractivity contribution is 0.0927. The highest BCUT2D eigenvalue weighted by atomic mass is 35.5. The van der Waals surface area contributed by atoms with Crippen molar-refractivity contribution in [2.75, 3.05) is 13.1 Å². The van der Waals surface area contributed by atoms with E-state index in [-0.39, 0.29) is 11.8 Å². The van der Waals surface area contributed by atoms with Crippen molar-refractivity contribution in [1.82, 2.24) is 25.4 Å². The smallest absolute Gasteiger partial charge is 0.251 e. The minimum atomic E-state index is -0.215. The molecule has 26 heavy (non-hydrogen) atoms. The fourth-order valence-electron chi connectivity index (χ4n) is 2.26. The van der Waals surface area contributed by atoms with Crippen LogP contribution in [0.5, 0.6) is 0 Å². The van der Waals surface area contributed by atoms with Crippen molar-refractivity contribution in [2.45, 2.75) is 0 Å². The zero-order valence-corrected chi connectivity index (χ0v) is 14.5. The van der Waals surface area contributed by atoms with E-state index < -0.39 is 0 Å². The second-order valence-electron chi connectivity index (χ2n) is 5.41. The Bertz CT molecular complexity index is 877. The van der Waals surface area contributed by atoms with Crippen LogP contribution in [-0.4, -0.2) is 39.7 Å². The van der Waals surface area contributed by atoms with Gasteiger partial charge in [-0.2, -0.15) is 5.10 Å². The molecule has 0 unspecified atom stereocenters. The summed E-state index contributed by atoms with van der Waals surface area (Å²) in [6.45, 7) is 0.646. The standard InChI is InChI=1S/C18H16ClN5O2/c19-15-5-1-13(2-6-15)17(25)21-9-10-22-18(26)14-3-7-16(8-4-14)24-12-20-11-23-24/h1-8,11-12H,9-10H2,(H,21,25)(H,22,26). The van der Waals surface area contributed by atoms with Crippen LogP contribution >= 0.6 is 11.6 Å². The predicted octanol–water partition coefficient (Wildman–Crippen LogP) is 2.08. The van der Waals surface area contributed by atoms with Crippen LogP contribution in [0, 0.1) is 0 Å². The van der Waals surface area contributed by atoms with Crippen LogP contribution in [0.1, 0.15) is 20.7 Å². The largest absolute Gasteiger partial charge is 0.350 e. The summed E-state index contributed by atoms with van der Waals surface area (Å²) in [4.78, 5) is 27.9. The highest BCUT2D eigenvalue weighted by Gasteiger charge is 2.07. The Labute approximate surface area is 155 Å². The maximum Gasteiger partial charge on any atom is 0.251 e. The van der Waals surface area contributed by atoms with E-state index in [1.165, 1.54) is 6.33 Å². The van der Waals surface area contributed by atoms with Crippen LogP contribution in [-0.2, 0) is 0 Å². The van der Waals surface area contributed by atoms with Gasteiger partial charge in [0.15, 0.2) is 0 Å². The normalized spacial score (nSPS) is 10.3. The first kappa shape index (κ1) is 17.6. The number of carbonyl (C=O) groups is 2. The van der Waals surface area contributed by atoms with Crippen molar-refractivity contribution in [3.63, 3.8) is 0 Å². The fourth-order valence-corrected chi connectivity index (χ4v) is 2.39. The molecular weight excluding hydrogens is 354 g/mol. The van der Waals surface area contributed by atoms with E-state index in [2.05, 4.69) is 20.7 Å². The first-order chi connectivity index (χ1) is 12.6. The zero-order valence-electron chi connectivity index (χ0n) is 13.7. The number of amides is 2. The fraction of sp³-hybridized carbons (Fsp3) is 0.111. The van der Waals surface area contributed by atoms with Crippen molar-refractivity contribution in [2.24, 2.45) is 0 Å².